The van der Waals surface area contributed by atoms with Crippen LogP contribution in [0.4, 0.5) is 0 Å². The maximum Gasteiger partial charge on any atom is 0.273 e. The molecule has 2 aliphatic carbocycles. The second-order valence-electron chi connectivity index (χ2n) is 11.5. The molecule has 0 radical (unpaired) electrons. The highest BCUT2D eigenvalue weighted by molar-refractivity contribution is 6.00. The lowest BCUT2D eigenvalue weighted by Gasteiger charge is -2.48. The first-order chi connectivity index (χ1) is 17.8. The Hall–Kier alpha value is -2.63. The van der Waals surface area contributed by atoms with Crippen LogP contribution in [0.15, 0.2) is 30.3 Å². The molecule has 37 heavy (non-hydrogen) atoms. The molecule has 0 spiro atoms. The number of amides is 1. The number of benzene rings is 1. The van der Waals surface area contributed by atoms with Crippen molar-refractivity contribution < 1.29 is 14.3 Å². The van der Waals surface area contributed by atoms with E-state index >= 15 is 0 Å². The van der Waals surface area contributed by atoms with Crippen LogP contribution < -0.4 is 4.74 Å². The zero-order valence-corrected chi connectivity index (χ0v) is 23.3. The fraction of sp³-hybridized carbons (Fsp3) is 0.645. The number of nitrogens with zero attached hydrogens (tertiary/aromatic N) is 3. The minimum Gasteiger partial charge on any atom is -0.497 e. The highest BCUT2D eigenvalue weighted by Crippen LogP contribution is 2.36. The molecule has 1 aromatic carbocycles. The first-order valence-corrected chi connectivity index (χ1v) is 14.4. The fourth-order valence-electron chi connectivity index (χ4n) is 6.18. The molecule has 5 rings (SSSR count). The Balaban J connectivity index is 0.000000301. The van der Waals surface area contributed by atoms with Gasteiger partial charge in [0.05, 0.1) is 19.3 Å². The topological polar surface area (TPSA) is 64.4 Å². The largest absolute Gasteiger partial charge is 0.497 e. The standard InChI is InChI=1S/C22H27N3O3.C9H18/c1-15(26)22(2)14-24-20(21(27)25(22)17-7-5-4-6-8-17)13-19(23-24)16-9-11-18(28-3)12-10-16;1-9-7-5-3-2-4-6-8-9/h9-13,17H,4-8,14H2,1-3H3;9H,2-8H2,1H3. The third-order valence-electron chi connectivity index (χ3n) is 8.69. The van der Waals surface area contributed by atoms with Crippen LogP contribution in [0.25, 0.3) is 11.3 Å². The summed E-state index contributed by atoms with van der Waals surface area (Å²) >= 11 is 0. The predicted octanol–water partition coefficient (Wildman–Crippen LogP) is 7.06. The lowest BCUT2D eigenvalue weighted by molar-refractivity contribution is -0.130. The summed E-state index contributed by atoms with van der Waals surface area (Å²) in [5.41, 5.74) is 1.37. The van der Waals surface area contributed by atoms with Gasteiger partial charge in [0.2, 0.25) is 0 Å². The Labute approximate surface area is 222 Å². The van der Waals surface area contributed by atoms with E-state index in [1.807, 2.05) is 42.2 Å². The average Bonchev–Trinajstić information content (AvgIpc) is 3.31. The van der Waals surface area contributed by atoms with Crippen LogP contribution in [0.1, 0.15) is 108 Å². The lowest BCUT2D eigenvalue weighted by atomic mass is 9.85. The quantitative estimate of drug-likeness (QED) is 0.444. The van der Waals surface area contributed by atoms with Crippen molar-refractivity contribution in [3.8, 4) is 17.0 Å². The van der Waals surface area contributed by atoms with Gasteiger partial charge in [0.25, 0.3) is 5.91 Å². The van der Waals surface area contributed by atoms with Crippen molar-refractivity contribution in [2.24, 2.45) is 5.92 Å². The number of carbonyl (C=O) groups excluding carboxylic acids is 2. The molecule has 6 nitrogen and oxygen atoms in total. The van der Waals surface area contributed by atoms with Gasteiger partial charge in [-0.2, -0.15) is 5.10 Å². The van der Waals surface area contributed by atoms with Crippen LogP contribution in [0.5, 0.6) is 5.75 Å². The van der Waals surface area contributed by atoms with E-state index in [0.29, 0.717) is 12.2 Å². The third kappa shape index (κ3) is 6.27. The van der Waals surface area contributed by atoms with Crippen molar-refractivity contribution in [3.63, 3.8) is 0 Å². The van der Waals surface area contributed by atoms with Gasteiger partial charge >= 0.3 is 0 Å². The van der Waals surface area contributed by atoms with Gasteiger partial charge in [0.15, 0.2) is 5.78 Å². The molecule has 2 aromatic rings. The third-order valence-corrected chi connectivity index (χ3v) is 8.69. The molecular formula is C31H45N3O3. The van der Waals surface area contributed by atoms with Crippen molar-refractivity contribution >= 4 is 11.7 Å². The zero-order chi connectivity index (χ0) is 26.4. The van der Waals surface area contributed by atoms with Crippen LogP contribution in [0.3, 0.4) is 0 Å². The first kappa shape index (κ1) is 27.4. The first-order valence-electron chi connectivity index (χ1n) is 14.4. The van der Waals surface area contributed by atoms with Gasteiger partial charge in [-0.15, -0.1) is 0 Å². The molecule has 202 valence electrons. The number of rotatable bonds is 4. The highest BCUT2D eigenvalue weighted by Gasteiger charge is 2.48. The van der Waals surface area contributed by atoms with Gasteiger partial charge in [-0.1, -0.05) is 71.1 Å². The van der Waals surface area contributed by atoms with Gasteiger partial charge in [0, 0.05) is 11.6 Å². The van der Waals surface area contributed by atoms with Gasteiger partial charge in [-0.25, -0.2) is 0 Å². The summed E-state index contributed by atoms with van der Waals surface area (Å²) in [5, 5.41) is 4.66. The maximum absolute atomic E-state index is 13.5. The normalized spacial score (nSPS) is 23.4. The molecule has 0 bridgehead atoms. The summed E-state index contributed by atoms with van der Waals surface area (Å²) in [7, 11) is 1.63. The maximum atomic E-state index is 13.5. The van der Waals surface area contributed by atoms with E-state index in [1.165, 1.54) is 51.4 Å². The molecule has 3 aliphatic rings. The molecule has 1 unspecified atom stereocenters. The summed E-state index contributed by atoms with van der Waals surface area (Å²) in [5.74, 6) is 1.73. The van der Waals surface area contributed by atoms with Crippen molar-refractivity contribution in [1.29, 1.82) is 0 Å². The summed E-state index contributed by atoms with van der Waals surface area (Å²) in [6.45, 7) is 6.27. The minimum atomic E-state index is -0.852. The molecule has 1 amide bonds. The molecule has 0 N–H and O–H groups in total. The number of ketones is 1. The molecule has 6 heteroatoms. The van der Waals surface area contributed by atoms with E-state index in [2.05, 4.69) is 12.0 Å². The van der Waals surface area contributed by atoms with E-state index in [1.54, 1.807) is 18.7 Å². The second kappa shape index (κ2) is 12.3. The molecule has 2 saturated carbocycles. The number of Topliss-reactive ketones (excluding diaryl/α,β-unsaturated/α-hetero) is 1. The Bertz CT molecular complexity index is 1050. The van der Waals surface area contributed by atoms with Crippen LogP contribution in [0, 0.1) is 5.92 Å². The Kier molecular flexibility index (Phi) is 9.09. The molecule has 1 aromatic heterocycles. The number of ether oxygens (including phenoxy) is 1. The van der Waals surface area contributed by atoms with Gasteiger partial charge in [0.1, 0.15) is 17.0 Å². The van der Waals surface area contributed by atoms with Crippen LogP contribution in [0.2, 0.25) is 0 Å². The molecule has 0 saturated heterocycles. The second-order valence-corrected chi connectivity index (χ2v) is 11.5. The van der Waals surface area contributed by atoms with E-state index in [4.69, 9.17) is 4.74 Å². The number of aromatic nitrogens is 2. The van der Waals surface area contributed by atoms with Crippen LogP contribution >= 0.6 is 0 Å². The Morgan fingerprint density at radius 1 is 0.946 bits per heavy atom. The summed E-state index contributed by atoms with van der Waals surface area (Å²) < 4.78 is 6.93. The average molecular weight is 508 g/mol. The van der Waals surface area contributed by atoms with Crippen molar-refractivity contribution in [2.75, 3.05) is 7.11 Å². The predicted molar refractivity (Wildman–Crippen MR) is 148 cm³/mol. The number of hydrogen-bond donors (Lipinski definition) is 0. The summed E-state index contributed by atoms with van der Waals surface area (Å²) in [4.78, 5) is 28.0. The Morgan fingerprint density at radius 2 is 1.51 bits per heavy atom. The molecule has 2 heterocycles. The monoisotopic (exact) mass is 507 g/mol. The van der Waals surface area contributed by atoms with Crippen molar-refractivity contribution in [1.82, 2.24) is 14.7 Å². The number of fused-ring (bicyclic) bond motifs is 1. The molecule has 2 fully saturated rings. The molecular weight excluding hydrogens is 462 g/mol. The SMILES string of the molecule is CC1CCCCCCC1.COc1ccc(-c2cc3n(n2)CC(C)(C(C)=O)N(C2CCCCC2)C3=O)cc1. The summed E-state index contributed by atoms with van der Waals surface area (Å²) in [6.07, 6.45) is 15.8. The fourth-order valence-corrected chi connectivity index (χ4v) is 6.18. The smallest absolute Gasteiger partial charge is 0.273 e. The number of methoxy groups -OCH3 is 1. The minimum absolute atomic E-state index is 0.0126. The number of hydrogen-bond acceptors (Lipinski definition) is 4. The van der Waals surface area contributed by atoms with Crippen molar-refractivity contribution in [3.05, 3.63) is 36.0 Å². The van der Waals surface area contributed by atoms with Gasteiger partial charge in [-0.05, 0) is 62.9 Å². The highest BCUT2D eigenvalue weighted by atomic mass is 16.5. The zero-order valence-electron chi connectivity index (χ0n) is 23.3. The van der Waals surface area contributed by atoms with E-state index in [0.717, 1.165) is 48.6 Å². The lowest BCUT2D eigenvalue weighted by Crippen LogP contribution is -2.64. The van der Waals surface area contributed by atoms with Gasteiger partial charge < -0.3 is 9.64 Å². The Morgan fingerprint density at radius 3 is 2.11 bits per heavy atom. The molecule has 1 aliphatic heterocycles. The van der Waals surface area contributed by atoms with E-state index in [9.17, 15) is 9.59 Å². The van der Waals surface area contributed by atoms with E-state index < -0.39 is 5.54 Å². The van der Waals surface area contributed by atoms with Crippen LogP contribution in [-0.4, -0.2) is 45.1 Å². The van der Waals surface area contributed by atoms with Gasteiger partial charge in [-0.3, -0.25) is 14.3 Å². The van der Waals surface area contributed by atoms with Crippen LogP contribution in [-0.2, 0) is 11.3 Å². The summed E-state index contributed by atoms with van der Waals surface area (Å²) in [6, 6.07) is 9.59. The molecule has 1 atom stereocenters. The van der Waals surface area contributed by atoms with Crippen molar-refractivity contribution in [2.45, 2.75) is 116 Å². The van der Waals surface area contributed by atoms with E-state index in [-0.39, 0.29) is 17.7 Å². The number of carbonyl (C=O) groups is 2.